The number of carbonyl (C=O) groups excluding carboxylic acids is 1. The number of ether oxygens (including phenoxy) is 2. The number of rotatable bonds is 10. The fourth-order valence-corrected chi connectivity index (χ4v) is 4.28. The topological polar surface area (TPSA) is 116 Å². The first kappa shape index (κ1) is 26.1. The molecule has 1 aromatic heterocycles. The number of methoxy groups -OCH3 is 1. The van der Waals surface area contributed by atoms with Crippen LogP contribution in [0, 0.1) is 0 Å². The van der Waals surface area contributed by atoms with E-state index in [0.29, 0.717) is 22.3 Å². The number of aromatic nitrogens is 3. The summed E-state index contributed by atoms with van der Waals surface area (Å²) in [6.07, 6.45) is 1.44. The van der Waals surface area contributed by atoms with Crippen LogP contribution < -0.4 is 24.6 Å². The molecule has 4 rings (SSSR count). The third kappa shape index (κ3) is 6.60. The van der Waals surface area contributed by atoms with E-state index in [4.69, 9.17) is 21.1 Å². The van der Waals surface area contributed by atoms with Gasteiger partial charge in [0, 0.05) is 5.02 Å². The van der Waals surface area contributed by atoms with Crippen molar-refractivity contribution in [2.24, 2.45) is 5.10 Å². The van der Waals surface area contributed by atoms with E-state index in [-0.39, 0.29) is 23.2 Å². The zero-order valence-electron chi connectivity index (χ0n) is 20.1. The van der Waals surface area contributed by atoms with Crippen molar-refractivity contribution in [1.29, 1.82) is 0 Å². The molecule has 0 fully saturated rings. The Morgan fingerprint density at radius 2 is 1.95 bits per heavy atom. The van der Waals surface area contributed by atoms with E-state index in [1.165, 1.54) is 31.2 Å². The number of nitrogens with zero attached hydrogens (tertiary/aromatic N) is 3. The molecule has 190 valence electrons. The van der Waals surface area contributed by atoms with Gasteiger partial charge in [0.05, 0.1) is 36.3 Å². The number of carbonyl (C=O) groups is 1. The van der Waals surface area contributed by atoms with Crippen molar-refractivity contribution in [3.63, 3.8) is 0 Å². The Labute approximate surface area is 223 Å². The van der Waals surface area contributed by atoms with Gasteiger partial charge in [-0.15, -0.1) is 5.10 Å². The second-order valence-electron chi connectivity index (χ2n) is 7.62. The monoisotopic (exact) mass is 537 g/mol. The molecular formula is C26H24ClN5O4S. The van der Waals surface area contributed by atoms with Crippen LogP contribution in [-0.4, -0.2) is 41.8 Å². The molecule has 0 bridgehead atoms. The lowest BCUT2D eigenvalue weighted by atomic mass is 10.2. The third-order valence-electron chi connectivity index (χ3n) is 5.12. The Morgan fingerprint density at radius 1 is 1.19 bits per heavy atom. The summed E-state index contributed by atoms with van der Waals surface area (Å²) in [4.78, 5) is 12.5. The molecule has 0 aliphatic carbocycles. The second kappa shape index (κ2) is 12.3. The van der Waals surface area contributed by atoms with E-state index in [1.807, 2.05) is 47.9 Å². The van der Waals surface area contributed by atoms with Crippen molar-refractivity contribution >= 4 is 35.5 Å². The molecule has 2 N–H and O–H groups in total. The van der Waals surface area contributed by atoms with Crippen LogP contribution >= 0.6 is 23.4 Å². The molecule has 9 nitrogen and oxygen atoms in total. The lowest BCUT2D eigenvalue weighted by Crippen LogP contribution is -2.34. The predicted octanol–water partition coefficient (Wildman–Crippen LogP) is 3.73. The van der Waals surface area contributed by atoms with Gasteiger partial charge in [-0.2, -0.15) is 9.67 Å². The van der Waals surface area contributed by atoms with Crippen molar-refractivity contribution in [3.8, 4) is 34.3 Å². The van der Waals surface area contributed by atoms with Crippen LogP contribution in [0.3, 0.4) is 0 Å². The molecule has 11 heteroatoms. The molecule has 0 spiro atoms. The summed E-state index contributed by atoms with van der Waals surface area (Å²) in [5, 5.41) is 24.3. The van der Waals surface area contributed by atoms with Crippen LogP contribution in [0.25, 0.3) is 17.1 Å². The average molecular weight is 538 g/mol. The molecular weight excluding hydrogens is 514 g/mol. The number of hydrazone groups is 1. The number of thioether (sulfide) groups is 1. The van der Waals surface area contributed by atoms with Gasteiger partial charge in [-0.3, -0.25) is 4.79 Å². The van der Waals surface area contributed by atoms with Crippen molar-refractivity contribution in [2.45, 2.75) is 12.1 Å². The van der Waals surface area contributed by atoms with E-state index < -0.39 is 0 Å². The van der Waals surface area contributed by atoms with Crippen LogP contribution in [0.4, 0.5) is 0 Å². The molecule has 1 heterocycles. The van der Waals surface area contributed by atoms with E-state index in [2.05, 4.69) is 20.7 Å². The van der Waals surface area contributed by atoms with Gasteiger partial charge < -0.3 is 14.6 Å². The SMILES string of the molecule is CCOc1ccc(-[n+]2c(SCC(=O)NN=Cc3ccc([O-])c(OC)c3)n[nH]c2-c2ccc(Cl)cc2)cc1. The average Bonchev–Trinajstić information content (AvgIpc) is 3.33. The van der Waals surface area contributed by atoms with Gasteiger partial charge in [0.15, 0.2) is 0 Å². The number of aromatic amines is 1. The summed E-state index contributed by atoms with van der Waals surface area (Å²) in [6, 6.07) is 19.5. The fraction of sp³-hybridized carbons (Fsp3) is 0.154. The van der Waals surface area contributed by atoms with Gasteiger partial charge >= 0.3 is 5.16 Å². The first-order valence-corrected chi connectivity index (χ1v) is 12.6. The molecule has 3 aromatic carbocycles. The van der Waals surface area contributed by atoms with E-state index >= 15 is 0 Å². The van der Waals surface area contributed by atoms with E-state index in [0.717, 1.165) is 22.8 Å². The Kier molecular flexibility index (Phi) is 8.65. The highest BCUT2D eigenvalue weighted by molar-refractivity contribution is 7.99. The van der Waals surface area contributed by atoms with Crippen molar-refractivity contribution in [3.05, 3.63) is 77.3 Å². The molecule has 4 aromatic rings. The molecule has 1 amide bonds. The lowest BCUT2D eigenvalue weighted by Gasteiger charge is -2.11. The smallest absolute Gasteiger partial charge is 0.342 e. The summed E-state index contributed by atoms with van der Waals surface area (Å²) in [5.41, 5.74) is 4.84. The number of benzene rings is 3. The number of hydrogen-bond donors (Lipinski definition) is 2. The maximum atomic E-state index is 12.5. The number of nitrogens with one attached hydrogen (secondary N) is 2. The van der Waals surface area contributed by atoms with Crippen molar-refractivity contribution in [2.75, 3.05) is 19.5 Å². The lowest BCUT2D eigenvalue weighted by molar-refractivity contribution is -0.625. The van der Waals surface area contributed by atoms with Crippen LogP contribution in [0.5, 0.6) is 17.2 Å². The first-order chi connectivity index (χ1) is 18.0. The van der Waals surface area contributed by atoms with Crippen LogP contribution in [0.15, 0.2) is 77.0 Å². The quantitative estimate of drug-likeness (QED) is 0.138. The summed E-state index contributed by atoms with van der Waals surface area (Å²) in [7, 11) is 1.42. The maximum absolute atomic E-state index is 12.5. The minimum atomic E-state index is -0.317. The van der Waals surface area contributed by atoms with Gasteiger partial charge in [-0.1, -0.05) is 29.5 Å². The van der Waals surface area contributed by atoms with E-state index in [9.17, 15) is 9.90 Å². The number of H-pyrrole nitrogens is 1. The highest BCUT2D eigenvalue weighted by atomic mass is 35.5. The maximum Gasteiger partial charge on any atom is 0.342 e. The minimum Gasteiger partial charge on any atom is -0.870 e. The first-order valence-electron chi connectivity index (χ1n) is 11.3. The normalized spacial score (nSPS) is 11.0. The Morgan fingerprint density at radius 3 is 2.65 bits per heavy atom. The molecule has 0 aliphatic heterocycles. The van der Waals surface area contributed by atoms with Crippen LogP contribution in [0.2, 0.25) is 5.02 Å². The number of hydrogen-bond acceptors (Lipinski definition) is 7. The zero-order valence-corrected chi connectivity index (χ0v) is 21.7. The second-order valence-corrected chi connectivity index (χ2v) is 9.00. The molecule has 0 unspecified atom stereocenters. The van der Waals surface area contributed by atoms with Gasteiger partial charge in [0.1, 0.15) is 17.2 Å². The van der Waals surface area contributed by atoms with Crippen LogP contribution in [-0.2, 0) is 4.79 Å². The van der Waals surface area contributed by atoms with E-state index in [1.54, 1.807) is 24.3 Å². The number of amides is 1. The molecule has 0 saturated heterocycles. The Bertz CT molecular complexity index is 1390. The standard InChI is InChI=1S/C26H24ClN5O4S/c1-3-36-21-11-9-20(10-12-21)32-25(18-5-7-19(27)8-6-18)30-31-26(32)37-16-24(34)29-28-15-17-4-13-22(33)23(14-17)35-2/h4-15H,3,16H2,1-2H3,(H2,28,29,33,34). The molecule has 0 saturated carbocycles. The molecule has 37 heavy (non-hydrogen) atoms. The minimum absolute atomic E-state index is 0.0715. The molecule has 0 radical (unpaired) electrons. The van der Waals surface area contributed by atoms with Crippen LogP contribution in [0.1, 0.15) is 12.5 Å². The molecule has 0 aliphatic rings. The fourth-order valence-electron chi connectivity index (χ4n) is 3.40. The molecule has 0 atom stereocenters. The van der Waals surface area contributed by atoms with Crippen molar-refractivity contribution < 1.29 is 23.9 Å². The van der Waals surface area contributed by atoms with Gasteiger partial charge in [0.2, 0.25) is 0 Å². The van der Waals surface area contributed by atoms with Crippen molar-refractivity contribution in [1.82, 2.24) is 15.6 Å². The highest BCUT2D eigenvalue weighted by Gasteiger charge is 2.24. The summed E-state index contributed by atoms with van der Waals surface area (Å²) in [5.74, 6) is 1.23. The Balaban J connectivity index is 1.50. The third-order valence-corrected chi connectivity index (χ3v) is 6.31. The zero-order chi connectivity index (χ0) is 26.2. The summed E-state index contributed by atoms with van der Waals surface area (Å²) in [6.45, 7) is 2.50. The summed E-state index contributed by atoms with van der Waals surface area (Å²) >= 11 is 7.32. The Hall–Kier alpha value is -4.02. The van der Waals surface area contributed by atoms with Gasteiger partial charge in [-0.05, 0) is 78.8 Å². The number of halogens is 1. The summed E-state index contributed by atoms with van der Waals surface area (Å²) < 4.78 is 12.5. The van der Waals surface area contributed by atoms with Gasteiger partial charge in [-0.25, -0.2) is 5.43 Å². The predicted molar refractivity (Wildman–Crippen MR) is 141 cm³/mol. The van der Waals surface area contributed by atoms with Gasteiger partial charge in [0.25, 0.3) is 11.7 Å². The highest BCUT2D eigenvalue weighted by Crippen LogP contribution is 2.24. The largest absolute Gasteiger partial charge is 0.870 e.